The first-order valence-corrected chi connectivity index (χ1v) is 6.25. The molecule has 0 aliphatic heterocycles. The number of nitrogen functional groups attached to an aromatic ring is 1. The van der Waals surface area contributed by atoms with E-state index in [0.29, 0.717) is 11.3 Å². The minimum Gasteiger partial charge on any atom is -0.398 e. The molecular formula is C17H10F2N2. The highest BCUT2D eigenvalue weighted by atomic mass is 19.1. The molecule has 3 rings (SSSR count). The lowest BCUT2D eigenvalue weighted by Crippen LogP contribution is -1.90. The molecule has 2 aromatic carbocycles. The minimum atomic E-state index is -0.676. The first-order valence-electron chi connectivity index (χ1n) is 6.25. The summed E-state index contributed by atoms with van der Waals surface area (Å²) in [6.45, 7) is 0. The highest BCUT2D eigenvalue weighted by molar-refractivity contribution is 5.90. The van der Waals surface area contributed by atoms with Crippen LogP contribution in [-0.4, -0.2) is 4.98 Å². The van der Waals surface area contributed by atoms with Crippen molar-refractivity contribution >= 4 is 16.6 Å². The molecule has 0 atom stereocenters. The monoisotopic (exact) mass is 280 g/mol. The fourth-order valence-corrected chi connectivity index (χ4v) is 2.00. The number of hydrogen-bond acceptors (Lipinski definition) is 2. The van der Waals surface area contributed by atoms with Crippen LogP contribution in [0.2, 0.25) is 0 Å². The van der Waals surface area contributed by atoms with Crippen LogP contribution in [0.25, 0.3) is 10.9 Å². The van der Waals surface area contributed by atoms with Crippen molar-refractivity contribution in [1.82, 2.24) is 4.98 Å². The second-order valence-corrected chi connectivity index (χ2v) is 4.48. The predicted molar refractivity (Wildman–Crippen MR) is 78.5 cm³/mol. The summed E-state index contributed by atoms with van der Waals surface area (Å²) in [7, 11) is 0. The molecule has 0 aliphatic rings. The normalized spacial score (nSPS) is 10.2. The lowest BCUT2D eigenvalue weighted by atomic mass is 10.1. The molecule has 0 fully saturated rings. The van der Waals surface area contributed by atoms with E-state index in [4.69, 9.17) is 5.73 Å². The summed E-state index contributed by atoms with van der Waals surface area (Å²) in [6, 6.07) is 10.6. The third kappa shape index (κ3) is 2.54. The molecule has 4 heteroatoms. The van der Waals surface area contributed by atoms with Crippen LogP contribution in [0, 0.1) is 23.5 Å². The lowest BCUT2D eigenvalue weighted by Gasteiger charge is -2.01. The molecule has 0 amide bonds. The van der Waals surface area contributed by atoms with Gasteiger partial charge in [0.25, 0.3) is 0 Å². The van der Waals surface area contributed by atoms with Gasteiger partial charge in [-0.05, 0) is 36.4 Å². The zero-order valence-electron chi connectivity index (χ0n) is 10.9. The number of anilines is 1. The number of rotatable bonds is 0. The highest BCUT2D eigenvalue weighted by Crippen LogP contribution is 2.19. The van der Waals surface area contributed by atoms with Gasteiger partial charge in [0.2, 0.25) is 0 Å². The maximum Gasteiger partial charge on any atom is 0.141 e. The van der Waals surface area contributed by atoms with Gasteiger partial charge in [-0.25, -0.2) is 8.78 Å². The highest BCUT2D eigenvalue weighted by Gasteiger charge is 2.04. The van der Waals surface area contributed by atoms with E-state index in [1.807, 2.05) is 0 Å². The molecule has 0 bridgehead atoms. The molecule has 2 N–H and O–H groups in total. The predicted octanol–water partition coefficient (Wildman–Crippen LogP) is 3.50. The van der Waals surface area contributed by atoms with Crippen molar-refractivity contribution in [2.24, 2.45) is 0 Å². The van der Waals surface area contributed by atoms with Crippen molar-refractivity contribution < 1.29 is 8.78 Å². The number of hydrogen-bond donors (Lipinski definition) is 1. The average Bonchev–Trinajstić information content (AvgIpc) is 2.47. The van der Waals surface area contributed by atoms with E-state index in [0.717, 1.165) is 10.9 Å². The van der Waals surface area contributed by atoms with Crippen molar-refractivity contribution in [3.63, 3.8) is 0 Å². The minimum absolute atomic E-state index is 0.239. The molecular weight excluding hydrogens is 270 g/mol. The molecule has 0 unspecified atom stereocenters. The van der Waals surface area contributed by atoms with E-state index >= 15 is 0 Å². The molecule has 0 aliphatic carbocycles. The summed E-state index contributed by atoms with van der Waals surface area (Å²) in [4.78, 5) is 4.18. The van der Waals surface area contributed by atoms with Crippen LogP contribution in [0.4, 0.5) is 14.5 Å². The summed E-state index contributed by atoms with van der Waals surface area (Å²) < 4.78 is 27.0. The number of pyridine rings is 1. The fraction of sp³-hybridized carbons (Fsp3) is 0. The van der Waals surface area contributed by atoms with Gasteiger partial charge in [-0.1, -0.05) is 17.9 Å². The van der Waals surface area contributed by atoms with Crippen LogP contribution in [0.15, 0.2) is 48.7 Å². The Bertz CT molecular complexity index is 872. The maximum atomic E-state index is 13.5. The quantitative estimate of drug-likeness (QED) is 0.640. The van der Waals surface area contributed by atoms with Gasteiger partial charge in [0.1, 0.15) is 11.6 Å². The van der Waals surface area contributed by atoms with Crippen molar-refractivity contribution in [2.45, 2.75) is 0 Å². The zero-order valence-corrected chi connectivity index (χ0v) is 10.9. The second-order valence-electron chi connectivity index (χ2n) is 4.48. The molecule has 21 heavy (non-hydrogen) atoms. The number of fused-ring (bicyclic) bond motifs is 1. The maximum absolute atomic E-state index is 13.5. The van der Waals surface area contributed by atoms with Crippen LogP contribution < -0.4 is 5.73 Å². The van der Waals surface area contributed by atoms with Gasteiger partial charge in [0.05, 0.1) is 11.1 Å². The first kappa shape index (κ1) is 13.1. The number of nitrogens with zero attached hydrogens (tertiary/aromatic N) is 1. The van der Waals surface area contributed by atoms with Crippen LogP contribution in [0.5, 0.6) is 0 Å². The van der Waals surface area contributed by atoms with Gasteiger partial charge >= 0.3 is 0 Å². The zero-order chi connectivity index (χ0) is 14.8. The molecule has 3 aromatic rings. The molecule has 0 saturated heterocycles. The molecule has 2 nitrogen and oxygen atoms in total. The van der Waals surface area contributed by atoms with Crippen LogP contribution >= 0.6 is 0 Å². The Morgan fingerprint density at radius 1 is 0.952 bits per heavy atom. The Hall–Kier alpha value is -2.93. The van der Waals surface area contributed by atoms with Gasteiger partial charge in [-0.15, -0.1) is 0 Å². The Morgan fingerprint density at radius 2 is 1.71 bits per heavy atom. The molecule has 0 spiro atoms. The lowest BCUT2D eigenvalue weighted by molar-refractivity contribution is 0.577. The Balaban J connectivity index is 2.07. The van der Waals surface area contributed by atoms with Gasteiger partial charge in [0, 0.05) is 22.8 Å². The van der Waals surface area contributed by atoms with Crippen molar-refractivity contribution in [3.05, 3.63) is 71.4 Å². The summed E-state index contributed by atoms with van der Waals surface area (Å²) in [5.41, 5.74) is 7.58. The Morgan fingerprint density at radius 3 is 2.48 bits per heavy atom. The van der Waals surface area contributed by atoms with Crippen LogP contribution in [0.3, 0.4) is 0 Å². The molecule has 102 valence electrons. The van der Waals surface area contributed by atoms with E-state index in [2.05, 4.69) is 16.8 Å². The van der Waals surface area contributed by atoms with Gasteiger partial charge in [-0.3, -0.25) is 4.98 Å². The topological polar surface area (TPSA) is 38.9 Å². The smallest absolute Gasteiger partial charge is 0.141 e. The van der Waals surface area contributed by atoms with Crippen molar-refractivity contribution in [1.29, 1.82) is 0 Å². The summed E-state index contributed by atoms with van der Waals surface area (Å²) >= 11 is 0. The third-order valence-corrected chi connectivity index (χ3v) is 3.07. The Kier molecular flexibility index (Phi) is 3.25. The van der Waals surface area contributed by atoms with E-state index in [9.17, 15) is 8.78 Å². The average molecular weight is 280 g/mol. The van der Waals surface area contributed by atoms with E-state index in [1.165, 1.54) is 18.2 Å². The third-order valence-electron chi connectivity index (χ3n) is 3.07. The standard InChI is InChI=1S/C17H10F2N2/c18-14-2-1-3-15(19)12(14)6-4-11-5-7-17-13(10-11)16(20)8-9-21-17/h1-3,5,7-10H,(H2,20,21). The van der Waals surface area contributed by atoms with Crippen LogP contribution in [0.1, 0.15) is 11.1 Å². The largest absolute Gasteiger partial charge is 0.398 e. The van der Waals surface area contributed by atoms with Gasteiger partial charge in [0.15, 0.2) is 0 Å². The number of halogens is 2. The van der Waals surface area contributed by atoms with E-state index < -0.39 is 11.6 Å². The number of benzene rings is 2. The van der Waals surface area contributed by atoms with E-state index in [1.54, 1.807) is 30.5 Å². The Labute approximate surface area is 120 Å². The number of nitrogens with two attached hydrogens (primary N) is 1. The summed E-state index contributed by atoms with van der Waals surface area (Å²) in [5.74, 6) is 3.92. The molecule has 0 saturated carbocycles. The SMILES string of the molecule is Nc1ccnc2ccc(C#Cc3c(F)cccc3F)cc12. The fourth-order valence-electron chi connectivity index (χ4n) is 2.00. The van der Waals surface area contributed by atoms with Crippen molar-refractivity contribution in [3.8, 4) is 11.8 Å². The summed E-state index contributed by atoms with van der Waals surface area (Å²) in [5, 5.41) is 0.762. The molecule has 1 aromatic heterocycles. The second kappa shape index (κ2) is 5.22. The molecule has 1 heterocycles. The van der Waals surface area contributed by atoms with Crippen molar-refractivity contribution in [2.75, 3.05) is 5.73 Å². The van der Waals surface area contributed by atoms with Gasteiger partial charge in [-0.2, -0.15) is 0 Å². The summed E-state index contributed by atoms with van der Waals surface area (Å²) in [6.07, 6.45) is 1.62. The number of aromatic nitrogens is 1. The first-order chi connectivity index (χ1) is 10.1. The van der Waals surface area contributed by atoms with Gasteiger partial charge < -0.3 is 5.73 Å². The molecule has 0 radical (unpaired) electrons. The van der Waals surface area contributed by atoms with Crippen LogP contribution in [-0.2, 0) is 0 Å². The van der Waals surface area contributed by atoms with E-state index in [-0.39, 0.29) is 5.56 Å².